The van der Waals surface area contributed by atoms with E-state index in [1.54, 1.807) is 0 Å². The number of hydrogen-bond acceptors (Lipinski definition) is 4. The predicted octanol–water partition coefficient (Wildman–Crippen LogP) is 15.0. The highest BCUT2D eigenvalue weighted by atomic mass is 16.3. The fourth-order valence-electron chi connectivity index (χ4n) is 9.96. The van der Waals surface area contributed by atoms with Gasteiger partial charge in [-0.2, -0.15) is 0 Å². The summed E-state index contributed by atoms with van der Waals surface area (Å²) in [5.41, 5.74) is 13.4. The Labute approximate surface area is 360 Å². The molecule has 0 N–H and O–H groups in total. The smallest absolute Gasteiger partial charge is 0.164 e. The van der Waals surface area contributed by atoms with Gasteiger partial charge in [-0.05, 0) is 112 Å². The number of benzene rings is 8. The Kier molecular flexibility index (Phi) is 7.98. The van der Waals surface area contributed by atoms with Crippen LogP contribution in [0.5, 0.6) is 0 Å². The van der Waals surface area contributed by atoms with E-state index < -0.39 is 0 Å². The highest BCUT2D eigenvalue weighted by Crippen LogP contribution is 2.49. The molecule has 62 heavy (non-hydrogen) atoms. The van der Waals surface area contributed by atoms with Crippen molar-refractivity contribution in [1.29, 1.82) is 0 Å². The Bertz CT molecular complexity index is 3570. The third-order valence-electron chi connectivity index (χ3n) is 13.5. The second-order valence-electron chi connectivity index (χ2n) is 18.3. The first-order valence-electron chi connectivity index (χ1n) is 21.6. The molecule has 0 amide bonds. The average Bonchev–Trinajstić information content (AvgIpc) is 3.86. The van der Waals surface area contributed by atoms with E-state index in [-0.39, 0.29) is 10.8 Å². The maximum absolute atomic E-state index is 6.26. The van der Waals surface area contributed by atoms with Crippen molar-refractivity contribution >= 4 is 54.5 Å². The summed E-state index contributed by atoms with van der Waals surface area (Å²) in [4.78, 5) is 15.4. The van der Waals surface area contributed by atoms with Crippen LogP contribution in [-0.2, 0) is 10.8 Å². The van der Waals surface area contributed by atoms with E-state index in [0.29, 0.717) is 17.5 Å². The minimum Gasteiger partial charge on any atom is -0.456 e. The number of fused-ring (bicyclic) bond motifs is 9. The van der Waals surface area contributed by atoms with Gasteiger partial charge in [0.25, 0.3) is 0 Å². The van der Waals surface area contributed by atoms with Crippen LogP contribution in [0.25, 0.3) is 105 Å². The highest BCUT2D eigenvalue weighted by Gasteiger charge is 2.38. The van der Waals surface area contributed by atoms with Crippen LogP contribution in [0, 0.1) is 0 Å². The molecule has 3 aromatic heterocycles. The van der Waals surface area contributed by atoms with E-state index in [4.69, 9.17) is 19.4 Å². The number of rotatable bonds is 5. The summed E-state index contributed by atoms with van der Waals surface area (Å²) in [5, 5.41) is 7.29. The molecule has 1 aliphatic rings. The third-order valence-corrected chi connectivity index (χ3v) is 13.5. The molecule has 0 spiro atoms. The van der Waals surface area contributed by atoms with Crippen molar-refractivity contribution in [3.05, 3.63) is 181 Å². The first-order valence-corrected chi connectivity index (χ1v) is 21.6. The summed E-state index contributed by atoms with van der Waals surface area (Å²) in [7, 11) is 0. The molecule has 0 unspecified atom stereocenters. The molecule has 5 nitrogen and oxygen atoms in total. The normalized spacial score (nSPS) is 14.6. The van der Waals surface area contributed by atoms with Gasteiger partial charge < -0.3 is 8.98 Å². The maximum atomic E-state index is 6.26. The second kappa shape index (κ2) is 13.6. The van der Waals surface area contributed by atoms with Gasteiger partial charge in [0.05, 0.1) is 11.0 Å². The summed E-state index contributed by atoms with van der Waals surface area (Å²) in [6, 6.07) is 60.4. The minimum atomic E-state index is 0.0841. The average molecular weight is 801 g/mol. The van der Waals surface area contributed by atoms with Crippen LogP contribution in [-0.4, -0.2) is 19.5 Å². The molecule has 0 aliphatic heterocycles. The van der Waals surface area contributed by atoms with Gasteiger partial charge in [-0.1, -0.05) is 137 Å². The second-order valence-corrected chi connectivity index (χ2v) is 18.3. The molecule has 0 atom stereocenters. The topological polar surface area (TPSA) is 56.7 Å². The van der Waals surface area contributed by atoms with Crippen LogP contribution in [0.1, 0.15) is 51.7 Å². The molecule has 3 heterocycles. The van der Waals surface area contributed by atoms with Gasteiger partial charge in [0.1, 0.15) is 11.2 Å². The van der Waals surface area contributed by atoms with Gasteiger partial charge in [0, 0.05) is 49.3 Å². The van der Waals surface area contributed by atoms with E-state index in [1.165, 1.54) is 50.1 Å². The standard InChI is InChI=1S/C57H44N4O/c1-56(2)29-30-57(3,4)48-34-49-46(33-47(48)56)45-28-23-35-13-8-9-18-42(35)52(45)61(49)41-25-21-37(22-26-41)54-58-53(36-14-6-5-7-15-36)59-55(60-54)40-17-12-16-38(31-40)39-24-27-44-43-19-10-11-20-50(43)62-51(44)32-39/h5-28,31-34H,29-30H2,1-4H3. The lowest BCUT2D eigenvalue weighted by Gasteiger charge is -2.42. The van der Waals surface area contributed by atoms with Crippen LogP contribution in [0.3, 0.4) is 0 Å². The quantitative estimate of drug-likeness (QED) is 0.174. The van der Waals surface area contributed by atoms with Crippen LogP contribution in [0.4, 0.5) is 0 Å². The Hall–Kier alpha value is -7.37. The molecule has 12 rings (SSSR count). The lowest BCUT2D eigenvalue weighted by atomic mass is 9.63. The summed E-state index contributed by atoms with van der Waals surface area (Å²) < 4.78 is 8.74. The predicted molar refractivity (Wildman–Crippen MR) is 256 cm³/mol. The first-order chi connectivity index (χ1) is 30.2. The number of hydrogen-bond donors (Lipinski definition) is 0. The first kappa shape index (κ1) is 36.5. The van der Waals surface area contributed by atoms with Crippen molar-refractivity contribution in [2.75, 3.05) is 0 Å². The zero-order valence-corrected chi connectivity index (χ0v) is 35.3. The lowest BCUT2D eigenvalue weighted by Crippen LogP contribution is -2.33. The van der Waals surface area contributed by atoms with E-state index in [9.17, 15) is 0 Å². The molecular formula is C57H44N4O. The van der Waals surface area contributed by atoms with Crippen molar-refractivity contribution in [2.24, 2.45) is 0 Å². The maximum Gasteiger partial charge on any atom is 0.164 e. The summed E-state index contributed by atoms with van der Waals surface area (Å²) in [6.07, 6.45) is 2.34. The van der Waals surface area contributed by atoms with Gasteiger partial charge in [0.15, 0.2) is 17.5 Å². The molecule has 298 valence electrons. The Morgan fingerprint density at radius 2 is 0.984 bits per heavy atom. The van der Waals surface area contributed by atoms with E-state index in [0.717, 1.165) is 61.9 Å². The fraction of sp³-hybridized carbons (Fsp3) is 0.140. The van der Waals surface area contributed by atoms with E-state index in [1.807, 2.05) is 30.3 Å². The summed E-state index contributed by atoms with van der Waals surface area (Å²) in [5.74, 6) is 1.88. The summed E-state index contributed by atoms with van der Waals surface area (Å²) in [6.45, 7) is 9.65. The molecule has 5 heteroatoms. The minimum absolute atomic E-state index is 0.0841. The molecule has 1 aliphatic carbocycles. The number of furan rings is 1. The Morgan fingerprint density at radius 3 is 1.76 bits per heavy atom. The molecule has 11 aromatic rings. The van der Waals surface area contributed by atoms with Crippen LogP contribution < -0.4 is 0 Å². The van der Waals surface area contributed by atoms with Gasteiger partial charge in [0.2, 0.25) is 0 Å². The van der Waals surface area contributed by atoms with Gasteiger partial charge in [-0.25, -0.2) is 15.0 Å². The van der Waals surface area contributed by atoms with Crippen LogP contribution in [0.2, 0.25) is 0 Å². The molecule has 0 bridgehead atoms. The molecule has 8 aromatic carbocycles. The van der Waals surface area contributed by atoms with E-state index in [2.05, 4.69) is 172 Å². The van der Waals surface area contributed by atoms with Gasteiger partial charge in [-0.15, -0.1) is 0 Å². The van der Waals surface area contributed by atoms with Gasteiger partial charge in [-0.3, -0.25) is 0 Å². The molecule has 0 saturated carbocycles. The molecule has 0 fully saturated rings. The van der Waals surface area contributed by atoms with Crippen LogP contribution in [0.15, 0.2) is 174 Å². The van der Waals surface area contributed by atoms with Gasteiger partial charge >= 0.3 is 0 Å². The Morgan fingerprint density at radius 1 is 0.419 bits per heavy atom. The third kappa shape index (κ3) is 5.79. The number of para-hydroxylation sites is 1. The van der Waals surface area contributed by atoms with Crippen molar-refractivity contribution in [1.82, 2.24) is 19.5 Å². The van der Waals surface area contributed by atoms with Crippen molar-refractivity contribution < 1.29 is 4.42 Å². The summed E-state index contributed by atoms with van der Waals surface area (Å²) >= 11 is 0. The zero-order valence-electron chi connectivity index (χ0n) is 35.3. The number of aromatic nitrogens is 4. The Balaban J connectivity index is 0.997. The number of nitrogens with zero attached hydrogens (tertiary/aromatic N) is 4. The monoisotopic (exact) mass is 800 g/mol. The highest BCUT2D eigenvalue weighted by molar-refractivity contribution is 6.19. The largest absolute Gasteiger partial charge is 0.456 e. The molecule has 0 radical (unpaired) electrons. The van der Waals surface area contributed by atoms with Crippen molar-refractivity contribution in [3.63, 3.8) is 0 Å². The molecular weight excluding hydrogens is 757 g/mol. The van der Waals surface area contributed by atoms with E-state index >= 15 is 0 Å². The lowest BCUT2D eigenvalue weighted by molar-refractivity contribution is 0.332. The SMILES string of the molecule is CC1(C)CCC(C)(C)c2cc3c(cc21)c1ccc2ccccc2c1n3-c1ccc(-c2nc(-c3ccccc3)nc(-c3cccc(-c4ccc5c(c4)oc4ccccc45)c3)n2)cc1. The van der Waals surface area contributed by atoms with Crippen molar-refractivity contribution in [2.45, 2.75) is 51.4 Å². The zero-order chi connectivity index (χ0) is 41.7. The molecule has 0 saturated heterocycles. The van der Waals surface area contributed by atoms with Crippen molar-refractivity contribution in [3.8, 4) is 51.0 Å². The van der Waals surface area contributed by atoms with Crippen LogP contribution >= 0.6 is 0 Å². The fourth-order valence-corrected chi connectivity index (χ4v) is 9.96.